The highest BCUT2D eigenvalue weighted by atomic mass is 28.3. The molecule has 0 spiro atoms. The predicted octanol–water partition coefficient (Wildman–Crippen LogP) is 7.95. The lowest BCUT2D eigenvalue weighted by molar-refractivity contribution is 1.21. The second kappa shape index (κ2) is 9.30. The molecule has 0 saturated heterocycles. The van der Waals surface area contributed by atoms with Crippen molar-refractivity contribution < 1.29 is 0 Å². The summed E-state index contributed by atoms with van der Waals surface area (Å²) in [6.45, 7) is 4.83. The van der Waals surface area contributed by atoms with Crippen molar-refractivity contribution in [2.75, 3.05) is 0 Å². The molecule has 1 aliphatic rings. The molecule has 0 atom stereocenters. The zero-order valence-corrected chi connectivity index (χ0v) is 23.1. The zero-order valence-electron chi connectivity index (χ0n) is 22.1. The molecule has 39 heavy (non-hydrogen) atoms. The number of fused-ring (bicyclic) bond motifs is 3. The summed E-state index contributed by atoms with van der Waals surface area (Å²) in [5.41, 5.74) is 10.5. The van der Waals surface area contributed by atoms with E-state index in [1.54, 1.807) is 0 Å². The molecule has 0 amide bonds. The van der Waals surface area contributed by atoms with Crippen molar-refractivity contribution in [2.24, 2.45) is 0 Å². The number of hydrogen-bond acceptors (Lipinski definition) is 2. The Morgan fingerprint density at radius 3 is 1.72 bits per heavy atom. The molecule has 7 rings (SSSR count). The lowest BCUT2D eigenvalue weighted by Crippen LogP contribution is -2.50. The van der Waals surface area contributed by atoms with Gasteiger partial charge in [-0.2, -0.15) is 0 Å². The van der Waals surface area contributed by atoms with Gasteiger partial charge in [0.1, 0.15) is 8.07 Å². The maximum absolute atomic E-state index is 5.31. The molecule has 0 radical (unpaired) electrons. The van der Waals surface area contributed by atoms with Crippen LogP contribution in [0.2, 0.25) is 13.1 Å². The minimum absolute atomic E-state index is 0.793. The first-order valence-electron chi connectivity index (χ1n) is 13.4. The van der Waals surface area contributed by atoms with Crippen LogP contribution in [-0.2, 0) is 0 Å². The Morgan fingerprint density at radius 2 is 1.00 bits per heavy atom. The van der Waals surface area contributed by atoms with Crippen LogP contribution in [0.3, 0.4) is 0 Å². The maximum atomic E-state index is 5.31. The van der Waals surface area contributed by atoms with Gasteiger partial charge in [0.25, 0.3) is 0 Å². The van der Waals surface area contributed by atoms with Crippen LogP contribution < -0.4 is 10.5 Å². The first kappa shape index (κ1) is 23.5. The van der Waals surface area contributed by atoms with E-state index in [2.05, 4.69) is 140 Å². The molecule has 186 valence electrons. The summed E-state index contributed by atoms with van der Waals surface area (Å²) in [5, 5.41) is 2.66. The molecule has 0 bridgehead atoms. The summed E-state index contributed by atoms with van der Waals surface area (Å²) in [6, 6.07) is 47.3. The Kier molecular flexibility index (Phi) is 5.61. The lowest BCUT2D eigenvalue weighted by atomic mass is 9.97. The van der Waals surface area contributed by atoms with Gasteiger partial charge in [0.2, 0.25) is 0 Å². The van der Waals surface area contributed by atoms with E-state index in [-0.39, 0.29) is 0 Å². The van der Waals surface area contributed by atoms with Gasteiger partial charge in [0.05, 0.1) is 5.69 Å². The fourth-order valence-corrected chi connectivity index (χ4v) is 8.71. The molecule has 0 saturated carbocycles. The van der Waals surface area contributed by atoms with Crippen molar-refractivity contribution in [1.82, 2.24) is 9.97 Å². The van der Waals surface area contributed by atoms with Crippen LogP contribution in [0.5, 0.6) is 0 Å². The monoisotopic (exact) mass is 516 g/mol. The molecule has 0 fully saturated rings. The normalized spacial score (nSPS) is 13.1. The van der Waals surface area contributed by atoms with Crippen molar-refractivity contribution in [3.8, 4) is 56.0 Å². The maximum Gasteiger partial charge on any atom is 0.159 e. The van der Waals surface area contributed by atoms with E-state index in [4.69, 9.17) is 9.97 Å². The van der Waals surface area contributed by atoms with Crippen LogP contribution in [0.15, 0.2) is 133 Å². The summed E-state index contributed by atoms with van der Waals surface area (Å²) in [7, 11) is -2.00. The third-order valence-corrected chi connectivity index (χ3v) is 11.2. The third-order valence-electron chi connectivity index (χ3n) is 7.86. The highest BCUT2D eigenvalue weighted by Gasteiger charge is 2.41. The van der Waals surface area contributed by atoms with Crippen molar-refractivity contribution in [3.05, 3.63) is 133 Å². The minimum Gasteiger partial charge on any atom is -0.237 e. The van der Waals surface area contributed by atoms with Crippen LogP contribution in [0.25, 0.3) is 56.0 Å². The molecule has 2 nitrogen and oxygen atoms in total. The van der Waals surface area contributed by atoms with Gasteiger partial charge in [0, 0.05) is 22.0 Å². The lowest BCUT2D eigenvalue weighted by Gasteiger charge is -2.19. The molecule has 0 aliphatic carbocycles. The fraction of sp³-hybridized carbons (Fsp3) is 0.0556. The summed E-state index contributed by atoms with van der Waals surface area (Å²) >= 11 is 0. The topological polar surface area (TPSA) is 25.8 Å². The Labute approximate surface area is 230 Å². The fourth-order valence-electron chi connectivity index (χ4n) is 5.80. The molecule has 1 aromatic heterocycles. The summed E-state index contributed by atoms with van der Waals surface area (Å²) < 4.78 is 0. The predicted molar refractivity (Wildman–Crippen MR) is 166 cm³/mol. The number of aromatic nitrogens is 2. The Balaban J connectivity index is 1.43. The van der Waals surface area contributed by atoms with Crippen LogP contribution in [0, 0.1) is 0 Å². The second-order valence-corrected chi connectivity index (χ2v) is 14.9. The zero-order chi connectivity index (χ0) is 26.4. The summed E-state index contributed by atoms with van der Waals surface area (Å²) in [5.74, 6) is 0.793. The molecule has 6 aromatic rings. The summed E-state index contributed by atoms with van der Waals surface area (Å²) in [4.78, 5) is 10.6. The molecule has 2 heterocycles. The van der Waals surface area contributed by atoms with Crippen molar-refractivity contribution >= 4 is 18.6 Å². The van der Waals surface area contributed by atoms with E-state index in [0.29, 0.717) is 0 Å². The number of rotatable bonds is 4. The van der Waals surface area contributed by atoms with E-state index >= 15 is 0 Å². The van der Waals surface area contributed by atoms with E-state index in [1.165, 1.54) is 43.9 Å². The standard InChI is InChI=1S/C36H28N2Si/c1-39(2)32-19-10-9-18-31(32)33-34(30-17-11-16-29(24-30)26-14-7-4-8-15-26)37-35(38-36(33)39)28-22-20-27(21-23-28)25-12-5-3-6-13-25/h3-24H,1-2H3. The van der Waals surface area contributed by atoms with Gasteiger partial charge < -0.3 is 0 Å². The largest absolute Gasteiger partial charge is 0.237 e. The first-order chi connectivity index (χ1) is 19.1. The molecular formula is C36H28N2Si. The van der Waals surface area contributed by atoms with Crippen LogP contribution in [-0.4, -0.2) is 18.0 Å². The van der Waals surface area contributed by atoms with Gasteiger partial charge in [-0.25, -0.2) is 9.97 Å². The molecule has 1 aliphatic heterocycles. The number of benzene rings is 5. The summed E-state index contributed by atoms with van der Waals surface area (Å²) in [6.07, 6.45) is 0. The van der Waals surface area contributed by atoms with E-state index in [9.17, 15) is 0 Å². The average molecular weight is 517 g/mol. The Hall–Kier alpha value is -4.60. The molecule has 5 aromatic carbocycles. The highest BCUT2D eigenvalue weighted by molar-refractivity contribution is 7.03. The van der Waals surface area contributed by atoms with Crippen LogP contribution in [0.1, 0.15) is 0 Å². The van der Waals surface area contributed by atoms with Gasteiger partial charge in [-0.1, -0.05) is 140 Å². The smallest absolute Gasteiger partial charge is 0.159 e. The third kappa shape index (κ3) is 4.03. The first-order valence-corrected chi connectivity index (χ1v) is 16.4. The van der Waals surface area contributed by atoms with Gasteiger partial charge >= 0.3 is 0 Å². The van der Waals surface area contributed by atoms with Crippen molar-refractivity contribution in [3.63, 3.8) is 0 Å². The van der Waals surface area contributed by atoms with E-state index in [0.717, 1.165) is 22.6 Å². The molecule has 0 unspecified atom stereocenters. The van der Waals surface area contributed by atoms with Crippen molar-refractivity contribution in [1.29, 1.82) is 0 Å². The molecular weight excluding hydrogens is 488 g/mol. The highest BCUT2D eigenvalue weighted by Crippen LogP contribution is 2.37. The number of hydrogen-bond donors (Lipinski definition) is 0. The molecule has 3 heteroatoms. The minimum atomic E-state index is -2.00. The molecule has 0 N–H and O–H groups in total. The Morgan fingerprint density at radius 1 is 0.462 bits per heavy atom. The van der Waals surface area contributed by atoms with Gasteiger partial charge in [-0.05, 0) is 39.1 Å². The number of nitrogens with zero attached hydrogens (tertiary/aromatic N) is 2. The van der Waals surface area contributed by atoms with Gasteiger partial charge in [-0.3, -0.25) is 0 Å². The van der Waals surface area contributed by atoms with E-state index in [1.807, 2.05) is 6.07 Å². The SMILES string of the molecule is C[Si]1(C)c2ccccc2-c2c(-c3cccc(-c4ccccc4)c3)nc(-c3ccc(-c4ccccc4)cc3)nc21. The van der Waals surface area contributed by atoms with E-state index < -0.39 is 8.07 Å². The second-order valence-electron chi connectivity index (χ2n) is 10.7. The van der Waals surface area contributed by atoms with Gasteiger partial charge in [0.15, 0.2) is 5.82 Å². The quantitative estimate of drug-likeness (QED) is 0.222. The average Bonchev–Trinajstić information content (AvgIpc) is 3.24. The van der Waals surface area contributed by atoms with Crippen LogP contribution >= 0.6 is 0 Å². The van der Waals surface area contributed by atoms with Gasteiger partial charge in [-0.15, -0.1) is 0 Å². The Bertz CT molecular complexity index is 1810. The van der Waals surface area contributed by atoms with Crippen LogP contribution in [0.4, 0.5) is 0 Å². The van der Waals surface area contributed by atoms with Crippen molar-refractivity contribution in [2.45, 2.75) is 13.1 Å².